The predicted octanol–water partition coefficient (Wildman–Crippen LogP) is 5.38. The van der Waals surface area contributed by atoms with Gasteiger partial charge in [-0.25, -0.2) is 13.6 Å². The number of nitriles is 1. The van der Waals surface area contributed by atoms with E-state index in [1.807, 2.05) is 0 Å². The molecule has 35 heavy (non-hydrogen) atoms. The minimum absolute atomic E-state index is 0.117. The number of hydrogen-bond acceptors (Lipinski definition) is 4. The van der Waals surface area contributed by atoms with Gasteiger partial charge in [-0.15, -0.1) is 0 Å². The summed E-state index contributed by atoms with van der Waals surface area (Å²) in [5.41, 5.74) is -1.16. The fraction of sp³-hybridized carbons (Fsp3) is 0.640. The summed E-state index contributed by atoms with van der Waals surface area (Å²) in [5, 5.41) is 12.0. The minimum Gasteiger partial charge on any atom is -0.434 e. The van der Waals surface area contributed by atoms with Gasteiger partial charge in [-0.05, 0) is 62.5 Å². The van der Waals surface area contributed by atoms with Crippen LogP contribution in [0.3, 0.4) is 0 Å². The molecule has 2 amide bonds. The van der Waals surface area contributed by atoms with Crippen LogP contribution in [0, 0.1) is 22.2 Å². The van der Waals surface area contributed by atoms with E-state index in [2.05, 4.69) is 16.1 Å². The fourth-order valence-corrected chi connectivity index (χ4v) is 4.78. The molecule has 3 aliphatic rings. The first-order valence-corrected chi connectivity index (χ1v) is 12.0. The molecule has 6 nitrogen and oxygen atoms in total. The molecule has 2 saturated carbocycles. The third-order valence-corrected chi connectivity index (χ3v) is 7.60. The Morgan fingerprint density at radius 1 is 1.11 bits per heavy atom. The molecule has 1 atom stereocenters. The molecule has 2 aliphatic carbocycles. The van der Waals surface area contributed by atoms with Gasteiger partial charge >= 0.3 is 12.6 Å². The van der Waals surface area contributed by atoms with Gasteiger partial charge in [-0.3, -0.25) is 4.79 Å². The number of nitrogens with zero attached hydrogens (tertiary/aromatic N) is 2. The van der Waals surface area contributed by atoms with Gasteiger partial charge in [0.15, 0.2) is 5.78 Å². The molecule has 0 aromatic heterocycles. The number of rotatable bonds is 10. The second kappa shape index (κ2) is 9.67. The number of ether oxygens (including phenoxy) is 1. The van der Waals surface area contributed by atoms with Gasteiger partial charge in [0.25, 0.3) is 5.92 Å². The van der Waals surface area contributed by atoms with Crippen LogP contribution < -0.4 is 10.1 Å². The van der Waals surface area contributed by atoms with Crippen LogP contribution in [0.2, 0.25) is 0 Å². The number of carbonyl (C=O) groups excluding carboxylic acids is 2. The van der Waals surface area contributed by atoms with Crippen molar-refractivity contribution in [1.29, 1.82) is 5.26 Å². The van der Waals surface area contributed by atoms with Crippen molar-refractivity contribution in [2.45, 2.75) is 76.4 Å². The number of Topliss-reactive ketones (excluding diaryl/α,β-unsaturated/α-hetero) is 1. The Morgan fingerprint density at radius 3 is 2.34 bits per heavy atom. The van der Waals surface area contributed by atoms with E-state index in [0.717, 1.165) is 37.8 Å². The summed E-state index contributed by atoms with van der Waals surface area (Å²) >= 11 is 0. The highest BCUT2D eigenvalue weighted by molar-refractivity contribution is 5.89. The summed E-state index contributed by atoms with van der Waals surface area (Å²) in [7, 11) is 0. The lowest BCUT2D eigenvalue weighted by atomic mass is 9.92. The summed E-state index contributed by atoms with van der Waals surface area (Å²) in [6, 6.07) is 5.06. The molecular weight excluding hydrogens is 466 g/mol. The Labute approximate surface area is 201 Å². The van der Waals surface area contributed by atoms with Crippen molar-refractivity contribution >= 4 is 11.8 Å². The first-order chi connectivity index (χ1) is 16.6. The Morgan fingerprint density at radius 2 is 1.77 bits per heavy atom. The highest BCUT2D eigenvalue weighted by Gasteiger charge is 2.47. The molecule has 1 aromatic rings. The highest BCUT2D eigenvalue weighted by atomic mass is 19.3. The largest absolute Gasteiger partial charge is 0.434 e. The normalized spacial score (nSPS) is 20.7. The minimum atomic E-state index is -3.58. The molecule has 1 aromatic carbocycles. The molecule has 190 valence electrons. The zero-order chi connectivity index (χ0) is 25.3. The van der Waals surface area contributed by atoms with Crippen LogP contribution in [-0.2, 0) is 10.7 Å². The van der Waals surface area contributed by atoms with Crippen LogP contribution in [0.4, 0.5) is 22.4 Å². The van der Waals surface area contributed by atoms with E-state index < -0.39 is 60.0 Å². The topological polar surface area (TPSA) is 82.4 Å². The maximum atomic E-state index is 15.1. The van der Waals surface area contributed by atoms with Crippen molar-refractivity contribution < 1.29 is 31.9 Å². The number of amides is 2. The SMILES string of the molecule is N#CC1(CC(=O)[C@H](CCC(F)(F)c2ccccc2OC(F)F)NC(=O)N2CCC3(CC2)CC3)CC1. The van der Waals surface area contributed by atoms with Gasteiger partial charge in [0.2, 0.25) is 0 Å². The quantitative estimate of drug-likeness (QED) is 0.442. The molecule has 1 aliphatic heterocycles. The number of alkyl halides is 4. The molecule has 4 rings (SSSR count). The lowest BCUT2D eigenvalue weighted by Gasteiger charge is -2.33. The monoisotopic (exact) mass is 495 g/mol. The average Bonchev–Trinajstić information content (AvgIpc) is 3.75. The van der Waals surface area contributed by atoms with Crippen molar-refractivity contribution in [3.05, 3.63) is 29.8 Å². The molecular formula is C25H29F4N3O3. The number of carbonyl (C=O) groups is 2. The molecule has 1 spiro atoms. The first kappa shape index (κ1) is 25.3. The van der Waals surface area contributed by atoms with Gasteiger partial charge in [0.05, 0.1) is 23.1 Å². The lowest BCUT2D eigenvalue weighted by molar-refractivity contribution is -0.122. The van der Waals surface area contributed by atoms with E-state index in [-0.39, 0.29) is 6.42 Å². The van der Waals surface area contributed by atoms with Crippen molar-refractivity contribution in [3.63, 3.8) is 0 Å². The predicted molar refractivity (Wildman–Crippen MR) is 118 cm³/mol. The number of benzene rings is 1. The van der Waals surface area contributed by atoms with E-state index in [0.29, 0.717) is 31.3 Å². The fourth-order valence-electron chi connectivity index (χ4n) is 4.78. The molecule has 3 fully saturated rings. The van der Waals surface area contributed by atoms with Crippen LogP contribution in [0.5, 0.6) is 5.75 Å². The number of ketones is 1. The Kier molecular flexibility index (Phi) is 6.98. The summed E-state index contributed by atoms with van der Waals surface area (Å²) in [6.45, 7) is -2.17. The maximum Gasteiger partial charge on any atom is 0.387 e. The summed E-state index contributed by atoms with van der Waals surface area (Å²) in [5.74, 6) is -4.69. The number of nitrogens with one attached hydrogen (secondary N) is 1. The third-order valence-electron chi connectivity index (χ3n) is 7.60. The van der Waals surface area contributed by atoms with Crippen molar-refractivity contribution in [2.75, 3.05) is 13.1 Å². The summed E-state index contributed by atoms with van der Waals surface area (Å²) < 4.78 is 59.8. The van der Waals surface area contributed by atoms with Crippen molar-refractivity contribution in [3.8, 4) is 11.8 Å². The Bertz CT molecular complexity index is 992. The molecule has 1 N–H and O–H groups in total. The number of likely N-dealkylation sites (tertiary alicyclic amines) is 1. The van der Waals surface area contributed by atoms with Crippen LogP contribution in [0.25, 0.3) is 0 Å². The zero-order valence-electron chi connectivity index (χ0n) is 19.4. The number of hydrogen-bond donors (Lipinski definition) is 1. The standard InChI is InChI=1S/C25H29F4N3O3/c26-21(27)35-20-4-2-1-3-17(20)25(28,29)6-5-18(19(33)15-24(16-30)9-10-24)31-22(34)32-13-11-23(7-8-23)12-14-32/h1-4,18,21H,5-15H2,(H,31,34)/t18-/m0/s1. The van der Waals surface area contributed by atoms with E-state index in [1.165, 1.54) is 12.1 Å². The van der Waals surface area contributed by atoms with Crippen LogP contribution in [0.15, 0.2) is 24.3 Å². The molecule has 1 saturated heterocycles. The Hall–Kier alpha value is -2.83. The second-order valence-electron chi connectivity index (χ2n) is 10.1. The number of para-hydroxylation sites is 1. The zero-order valence-corrected chi connectivity index (χ0v) is 19.4. The van der Waals surface area contributed by atoms with Crippen molar-refractivity contribution in [1.82, 2.24) is 10.2 Å². The van der Waals surface area contributed by atoms with Gasteiger partial charge < -0.3 is 15.0 Å². The Balaban J connectivity index is 1.44. The lowest BCUT2D eigenvalue weighted by Crippen LogP contribution is -2.51. The van der Waals surface area contributed by atoms with Crippen LogP contribution >= 0.6 is 0 Å². The van der Waals surface area contributed by atoms with Gasteiger partial charge in [-0.2, -0.15) is 14.0 Å². The van der Waals surface area contributed by atoms with E-state index in [1.54, 1.807) is 4.90 Å². The van der Waals surface area contributed by atoms with Crippen LogP contribution in [0.1, 0.15) is 63.4 Å². The van der Waals surface area contributed by atoms with E-state index in [4.69, 9.17) is 0 Å². The highest BCUT2D eigenvalue weighted by Crippen LogP contribution is 2.53. The smallest absolute Gasteiger partial charge is 0.387 e. The number of urea groups is 1. The molecule has 0 radical (unpaired) electrons. The number of piperidine rings is 1. The van der Waals surface area contributed by atoms with Crippen LogP contribution in [-0.4, -0.2) is 42.5 Å². The average molecular weight is 496 g/mol. The van der Waals surface area contributed by atoms with E-state index >= 15 is 8.78 Å². The maximum absolute atomic E-state index is 15.1. The van der Waals surface area contributed by atoms with Gasteiger partial charge in [-0.1, -0.05) is 12.1 Å². The van der Waals surface area contributed by atoms with Crippen molar-refractivity contribution in [2.24, 2.45) is 10.8 Å². The number of halogens is 4. The molecule has 1 heterocycles. The third kappa shape index (κ3) is 6.06. The van der Waals surface area contributed by atoms with Gasteiger partial charge in [0.1, 0.15) is 5.75 Å². The van der Waals surface area contributed by atoms with E-state index in [9.17, 15) is 23.6 Å². The summed E-state index contributed by atoms with van der Waals surface area (Å²) in [4.78, 5) is 27.5. The second-order valence-corrected chi connectivity index (χ2v) is 10.1. The summed E-state index contributed by atoms with van der Waals surface area (Å²) in [6.07, 6.45) is 3.81. The molecule has 10 heteroatoms. The molecule has 0 unspecified atom stereocenters. The molecule has 0 bridgehead atoms. The first-order valence-electron chi connectivity index (χ1n) is 12.0. The van der Waals surface area contributed by atoms with Gasteiger partial charge in [0, 0.05) is 25.9 Å².